The predicted octanol–water partition coefficient (Wildman–Crippen LogP) is 1.41. The van der Waals surface area contributed by atoms with Crippen LogP contribution < -0.4 is 0 Å². The molecule has 1 rings (SSSR count). The zero-order chi connectivity index (χ0) is 15.8. The highest BCUT2D eigenvalue weighted by molar-refractivity contribution is 5.74. The van der Waals surface area contributed by atoms with Crippen LogP contribution in [-0.2, 0) is 21.0 Å². The fraction of sp³-hybridized carbons (Fsp3) is 0.429. The quantitative estimate of drug-likeness (QED) is 0.739. The number of carboxylic acids is 1. The summed E-state index contributed by atoms with van der Waals surface area (Å²) < 4.78 is 5.05. The molecule has 1 aromatic carbocycles. The van der Waals surface area contributed by atoms with E-state index in [9.17, 15) is 14.7 Å². The van der Waals surface area contributed by atoms with Gasteiger partial charge < -0.3 is 14.9 Å². The number of ether oxygens (including phenoxy) is 1. The summed E-state index contributed by atoms with van der Waals surface area (Å²) in [5, 5.41) is 19.2. The van der Waals surface area contributed by atoms with Gasteiger partial charge in [0, 0.05) is 0 Å². The molecule has 0 aliphatic heterocycles. The van der Waals surface area contributed by atoms with Gasteiger partial charge in [-0.3, -0.25) is 4.84 Å². The molecule has 7 nitrogen and oxygen atoms in total. The number of rotatable bonds is 7. The number of aliphatic carboxylic acids is 1. The average Bonchev–Trinajstić information content (AvgIpc) is 2.50. The number of hydroxylamine groups is 2. The Bertz CT molecular complexity index is 464. The van der Waals surface area contributed by atoms with Gasteiger partial charge in [0.05, 0.1) is 13.2 Å². The van der Waals surface area contributed by atoms with Crippen molar-refractivity contribution in [3.05, 3.63) is 35.9 Å². The Balaban J connectivity index is 2.69. The first-order valence-electron chi connectivity index (χ1n) is 6.46. The molecule has 0 bridgehead atoms. The van der Waals surface area contributed by atoms with Crippen molar-refractivity contribution >= 4 is 12.1 Å². The summed E-state index contributed by atoms with van der Waals surface area (Å²) in [7, 11) is 1.21. The van der Waals surface area contributed by atoms with Crippen LogP contribution in [0.4, 0.5) is 4.79 Å². The lowest BCUT2D eigenvalue weighted by atomic mass is 10.1. The molecule has 0 radical (unpaired) electrons. The summed E-state index contributed by atoms with van der Waals surface area (Å²) in [5.74, 6) is -1.43. The van der Waals surface area contributed by atoms with Crippen LogP contribution >= 0.6 is 0 Å². The topological polar surface area (TPSA) is 96.3 Å². The average molecular weight is 297 g/mol. The minimum atomic E-state index is -1.75. The van der Waals surface area contributed by atoms with Crippen molar-refractivity contribution in [2.45, 2.75) is 32.1 Å². The first kappa shape index (κ1) is 16.9. The fourth-order valence-corrected chi connectivity index (χ4v) is 1.81. The molecule has 0 saturated carbocycles. The van der Waals surface area contributed by atoms with Crippen molar-refractivity contribution in [3.8, 4) is 0 Å². The Morgan fingerprint density at radius 1 is 1.29 bits per heavy atom. The van der Waals surface area contributed by atoms with E-state index in [0.29, 0.717) is 0 Å². The van der Waals surface area contributed by atoms with E-state index in [4.69, 9.17) is 14.7 Å². The van der Waals surface area contributed by atoms with Crippen LogP contribution in [-0.4, -0.2) is 46.6 Å². The van der Waals surface area contributed by atoms with Crippen LogP contribution in [0.3, 0.4) is 0 Å². The number of hydrogen-bond donors (Lipinski definition) is 2. The van der Waals surface area contributed by atoms with Gasteiger partial charge in [0.1, 0.15) is 6.61 Å². The van der Waals surface area contributed by atoms with Crippen molar-refractivity contribution in [2.75, 3.05) is 7.11 Å². The predicted molar refractivity (Wildman–Crippen MR) is 73.2 cm³/mol. The van der Waals surface area contributed by atoms with E-state index >= 15 is 0 Å². The summed E-state index contributed by atoms with van der Waals surface area (Å²) in [6, 6.07) is 7.99. The van der Waals surface area contributed by atoms with Gasteiger partial charge in [-0.25, -0.2) is 9.59 Å². The Hall–Kier alpha value is -2.12. The fourth-order valence-electron chi connectivity index (χ4n) is 1.81. The minimum Gasteiger partial charge on any atom is -0.479 e. The second kappa shape index (κ2) is 8.23. The highest BCUT2D eigenvalue weighted by atomic mass is 16.7. The monoisotopic (exact) mass is 297 g/mol. The van der Waals surface area contributed by atoms with Crippen LogP contribution in [0.25, 0.3) is 0 Å². The lowest BCUT2D eigenvalue weighted by molar-refractivity contribution is -0.177. The summed E-state index contributed by atoms with van der Waals surface area (Å²) in [5.41, 5.74) is 0.786. The van der Waals surface area contributed by atoms with Crippen LogP contribution in [0.2, 0.25) is 0 Å². The molecule has 0 heterocycles. The van der Waals surface area contributed by atoms with Gasteiger partial charge in [-0.1, -0.05) is 37.3 Å². The molecule has 0 saturated heterocycles. The van der Waals surface area contributed by atoms with Crippen LogP contribution in [0.1, 0.15) is 18.9 Å². The number of aliphatic hydroxyl groups excluding tert-OH is 1. The van der Waals surface area contributed by atoms with E-state index in [1.54, 1.807) is 31.2 Å². The van der Waals surface area contributed by atoms with E-state index in [2.05, 4.69) is 0 Å². The first-order chi connectivity index (χ1) is 10.0. The maximum absolute atomic E-state index is 11.9. The van der Waals surface area contributed by atoms with Gasteiger partial charge in [0.2, 0.25) is 0 Å². The van der Waals surface area contributed by atoms with E-state index in [0.717, 1.165) is 10.6 Å². The molecule has 116 valence electrons. The highest BCUT2D eigenvalue weighted by Gasteiger charge is 2.34. The summed E-state index contributed by atoms with van der Waals surface area (Å²) in [4.78, 5) is 27.6. The highest BCUT2D eigenvalue weighted by Crippen LogP contribution is 2.13. The number of amides is 1. The van der Waals surface area contributed by atoms with Crippen LogP contribution in [0.15, 0.2) is 30.3 Å². The molecule has 2 atom stereocenters. The summed E-state index contributed by atoms with van der Waals surface area (Å²) >= 11 is 0. The van der Waals surface area contributed by atoms with Gasteiger partial charge in [-0.15, -0.1) is 0 Å². The van der Waals surface area contributed by atoms with E-state index < -0.39 is 24.2 Å². The number of hydrogen-bond acceptors (Lipinski definition) is 5. The van der Waals surface area contributed by atoms with E-state index in [1.807, 2.05) is 6.07 Å². The third-order valence-corrected chi connectivity index (χ3v) is 2.92. The normalized spacial score (nSPS) is 13.3. The zero-order valence-corrected chi connectivity index (χ0v) is 11.9. The van der Waals surface area contributed by atoms with Crippen molar-refractivity contribution in [1.82, 2.24) is 5.06 Å². The van der Waals surface area contributed by atoms with Gasteiger partial charge >= 0.3 is 12.1 Å². The van der Waals surface area contributed by atoms with Crippen molar-refractivity contribution < 1.29 is 29.4 Å². The van der Waals surface area contributed by atoms with Crippen LogP contribution in [0, 0.1) is 0 Å². The zero-order valence-electron chi connectivity index (χ0n) is 11.9. The van der Waals surface area contributed by atoms with Gasteiger partial charge in [0.15, 0.2) is 6.10 Å². The minimum absolute atomic E-state index is 0.0269. The first-order valence-corrected chi connectivity index (χ1v) is 6.46. The molecule has 0 fully saturated rings. The Morgan fingerprint density at radius 3 is 2.38 bits per heavy atom. The molecule has 21 heavy (non-hydrogen) atoms. The molecule has 7 heteroatoms. The molecule has 0 unspecified atom stereocenters. The number of benzene rings is 1. The molecule has 0 aromatic heterocycles. The third-order valence-electron chi connectivity index (χ3n) is 2.92. The van der Waals surface area contributed by atoms with Crippen LogP contribution in [0.5, 0.6) is 0 Å². The SMILES string of the molecule is CC[C@@H]([C@H](O)C(=O)O)N(OC)C(=O)OCc1ccccc1. The molecular formula is C14H19NO6. The van der Waals surface area contributed by atoms with Gasteiger partial charge in [0.25, 0.3) is 0 Å². The van der Waals surface area contributed by atoms with Gasteiger partial charge in [-0.05, 0) is 12.0 Å². The lowest BCUT2D eigenvalue weighted by Crippen LogP contribution is -2.49. The maximum atomic E-state index is 11.9. The van der Waals surface area contributed by atoms with Crippen molar-refractivity contribution in [2.24, 2.45) is 0 Å². The third kappa shape index (κ3) is 4.73. The second-order valence-corrected chi connectivity index (χ2v) is 4.31. The second-order valence-electron chi connectivity index (χ2n) is 4.31. The van der Waals surface area contributed by atoms with Gasteiger partial charge in [-0.2, -0.15) is 5.06 Å². The van der Waals surface area contributed by atoms with Crippen molar-refractivity contribution in [3.63, 3.8) is 0 Å². The number of aliphatic hydroxyl groups is 1. The lowest BCUT2D eigenvalue weighted by Gasteiger charge is -2.29. The van der Waals surface area contributed by atoms with E-state index in [1.165, 1.54) is 7.11 Å². The summed E-state index contributed by atoms with van der Waals surface area (Å²) in [6.07, 6.45) is -2.41. The molecule has 0 aliphatic rings. The largest absolute Gasteiger partial charge is 0.479 e. The Labute approximate surface area is 122 Å². The molecule has 1 aromatic rings. The Kier molecular flexibility index (Phi) is 6.64. The number of carbonyl (C=O) groups is 2. The number of carboxylic acid groups (broad SMARTS) is 1. The number of carbonyl (C=O) groups excluding carboxylic acids is 1. The standard InChI is InChI=1S/C14H19NO6/c1-3-11(12(16)13(17)18)15(20-2)14(19)21-9-10-7-5-4-6-8-10/h4-8,11-12,16H,3,9H2,1-2H3,(H,17,18)/t11-,12-/m0/s1. The van der Waals surface area contributed by atoms with E-state index in [-0.39, 0.29) is 13.0 Å². The van der Waals surface area contributed by atoms with Crippen molar-refractivity contribution in [1.29, 1.82) is 0 Å². The molecule has 1 amide bonds. The molecule has 0 spiro atoms. The Morgan fingerprint density at radius 2 is 1.90 bits per heavy atom. The summed E-state index contributed by atoms with van der Waals surface area (Å²) in [6.45, 7) is 1.66. The molecule has 2 N–H and O–H groups in total. The maximum Gasteiger partial charge on any atom is 0.434 e. The molecular weight excluding hydrogens is 278 g/mol. The smallest absolute Gasteiger partial charge is 0.434 e. The molecule has 0 aliphatic carbocycles. The number of nitrogens with zero attached hydrogens (tertiary/aromatic N) is 1.